The zero-order valence-corrected chi connectivity index (χ0v) is 9.63. The molecule has 13 heavy (non-hydrogen) atoms. The summed E-state index contributed by atoms with van der Waals surface area (Å²) in [6.45, 7) is 6.36. The van der Waals surface area contributed by atoms with Crippen LogP contribution >= 0.6 is 0 Å². The van der Waals surface area contributed by atoms with Gasteiger partial charge in [0.05, 0.1) is 6.10 Å². The van der Waals surface area contributed by atoms with Crippen molar-refractivity contribution in [3.63, 3.8) is 0 Å². The SMILES string of the molecule is CCCNCC(OC)C(C)N(C)C. The van der Waals surface area contributed by atoms with Crippen molar-refractivity contribution in [3.05, 3.63) is 0 Å². The molecule has 0 rings (SSSR count). The Kier molecular flexibility index (Phi) is 7.23. The van der Waals surface area contributed by atoms with E-state index in [-0.39, 0.29) is 6.10 Å². The lowest BCUT2D eigenvalue weighted by molar-refractivity contribution is 0.0402. The molecule has 3 heteroatoms. The van der Waals surface area contributed by atoms with Gasteiger partial charge in [0.15, 0.2) is 0 Å². The van der Waals surface area contributed by atoms with E-state index in [9.17, 15) is 0 Å². The summed E-state index contributed by atoms with van der Waals surface area (Å²) in [6.07, 6.45) is 1.45. The molecular formula is C10H24N2O. The molecule has 0 aromatic carbocycles. The Morgan fingerprint density at radius 3 is 2.38 bits per heavy atom. The van der Waals surface area contributed by atoms with Crippen molar-refractivity contribution < 1.29 is 4.74 Å². The van der Waals surface area contributed by atoms with E-state index in [2.05, 4.69) is 38.2 Å². The van der Waals surface area contributed by atoms with Crippen LogP contribution < -0.4 is 5.32 Å². The molecular weight excluding hydrogens is 164 g/mol. The van der Waals surface area contributed by atoms with Gasteiger partial charge < -0.3 is 15.0 Å². The van der Waals surface area contributed by atoms with E-state index in [0.717, 1.165) is 13.1 Å². The van der Waals surface area contributed by atoms with Crippen molar-refractivity contribution in [2.45, 2.75) is 32.4 Å². The van der Waals surface area contributed by atoms with E-state index in [1.54, 1.807) is 7.11 Å². The van der Waals surface area contributed by atoms with Gasteiger partial charge in [0, 0.05) is 19.7 Å². The number of rotatable bonds is 7. The summed E-state index contributed by atoms with van der Waals surface area (Å²) in [5.41, 5.74) is 0. The quantitative estimate of drug-likeness (QED) is 0.602. The van der Waals surface area contributed by atoms with Gasteiger partial charge in [0.25, 0.3) is 0 Å². The third kappa shape index (κ3) is 5.24. The van der Waals surface area contributed by atoms with Crippen LogP contribution in [-0.4, -0.2) is 51.3 Å². The minimum Gasteiger partial charge on any atom is -0.379 e. The molecule has 1 N–H and O–H groups in total. The van der Waals surface area contributed by atoms with Gasteiger partial charge >= 0.3 is 0 Å². The Morgan fingerprint density at radius 2 is 2.00 bits per heavy atom. The molecule has 0 spiro atoms. The van der Waals surface area contributed by atoms with Crippen LogP contribution in [0.4, 0.5) is 0 Å². The highest BCUT2D eigenvalue weighted by atomic mass is 16.5. The molecule has 0 saturated carbocycles. The minimum atomic E-state index is 0.279. The standard InChI is InChI=1S/C10H24N2O/c1-6-7-11-8-10(13-5)9(2)12(3)4/h9-11H,6-8H2,1-5H3. The minimum absolute atomic E-state index is 0.279. The van der Waals surface area contributed by atoms with Gasteiger partial charge in [-0.15, -0.1) is 0 Å². The van der Waals surface area contributed by atoms with Crippen LogP contribution in [0.15, 0.2) is 0 Å². The molecule has 0 heterocycles. The number of hydrogen-bond donors (Lipinski definition) is 1. The molecule has 0 aliphatic heterocycles. The molecule has 0 bridgehead atoms. The fraction of sp³-hybridized carbons (Fsp3) is 1.00. The lowest BCUT2D eigenvalue weighted by atomic mass is 10.1. The third-order valence-corrected chi connectivity index (χ3v) is 2.43. The van der Waals surface area contributed by atoms with Crippen LogP contribution in [0.1, 0.15) is 20.3 Å². The van der Waals surface area contributed by atoms with Crippen molar-refractivity contribution in [1.29, 1.82) is 0 Å². The van der Waals surface area contributed by atoms with E-state index < -0.39 is 0 Å². The monoisotopic (exact) mass is 188 g/mol. The number of nitrogens with zero attached hydrogens (tertiary/aromatic N) is 1. The van der Waals surface area contributed by atoms with Crippen LogP contribution in [0.25, 0.3) is 0 Å². The Labute approximate surface area is 82.4 Å². The van der Waals surface area contributed by atoms with Gasteiger partial charge in [0.2, 0.25) is 0 Å². The molecule has 0 aromatic heterocycles. The predicted molar refractivity (Wildman–Crippen MR) is 57.1 cm³/mol. The number of nitrogens with one attached hydrogen (secondary N) is 1. The largest absolute Gasteiger partial charge is 0.379 e. The zero-order chi connectivity index (χ0) is 10.3. The molecule has 0 fully saturated rings. The topological polar surface area (TPSA) is 24.5 Å². The Morgan fingerprint density at radius 1 is 1.38 bits per heavy atom. The summed E-state index contributed by atoms with van der Waals surface area (Å²) in [4.78, 5) is 2.18. The molecule has 3 nitrogen and oxygen atoms in total. The van der Waals surface area contributed by atoms with E-state index >= 15 is 0 Å². The maximum atomic E-state index is 5.42. The first kappa shape index (κ1) is 12.9. The second kappa shape index (κ2) is 7.30. The number of hydrogen-bond acceptors (Lipinski definition) is 3. The highest BCUT2D eigenvalue weighted by molar-refractivity contribution is 4.74. The first-order valence-corrected chi connectivity index (χ1v) is 5.03. The lowest BCUT2D eigenvalue weighted by Gasteiger charge is -2.28. The fourth-order valence-corrected chi connectivity index (χ4v) is 1.20. The van der Waals surface area contributed by atoms with E-state index in [4.69, 9.17) is 4.74 Å². The fourth-order valence-electron chi connectivity index (χ4n) is 1.20. The van der Waals surface area contributed by atoms with Gasteiger partial charge in [-0.3, -0.25) is 0 Å². The molecule has 0 aromatic rings. The van der Waals surface area contributed by atoms with Crippen molar-refractivity contribution in [1.82, 2.24) is 10.2 Å². The average molecular weight is 188 g/mol. The number of ether oxygens (including phenoxy) is 1. The summed E-state index contributed by atoms with van der Waals surface area (Å²) in [6, 6.07) is 0.453. The number of likely N-dealkylation sites (N-methyl/N-ethyl adjacent to an activating group) is 1. The van der Waals surface area contributed by atoms with Gasteiger partial charge in [-0.1, -0.05) is 6.92 Å². The second-order valence-electron chi connectivity index (χ2n) is 3.68. The predicted octanol–water partition coefficient (Wildman–Crippen LogP) is 0.951. The van der Waals surface area contributed by atoms with E-state index in [1.165, 1.54) is 6.42 Å². The van der Waals surface area contributed by atoms with Gasteiger partial charge in [-0.2, -0.15) is 0 Å². The van der Waals surface area contributed by atoms with Gasteiger partial charge in [-0.05, 0) is 34.0 Å². The summed E-state index contributed by atoms with van der Waals surface area (Å²) in [5, 5.41) is 3.37. The lowest BCUT2D eigenvalue weighted by Crippen LogP contribution is -2.43. The molecule has 0 aliphatic carbocycles. The van der Waals surface area contributed by atoms with Crippen LogP contribution in [0.2, 0.25) is 0 Å². The highest BCUT2D eigenvalue weighted by Gasteiger charge is 2.17. The van der Waals surface area contributed by atoms with Crippen LogP contribution in [-0.2, 0) is 4.74 Å². The smallest absolute Gasteiger partial charge is 0.0847 e. The maximum absolute atomic E-state index is 5.42. The van der Waals surface area contributed by atoms with Gasteiger partial charge in [-0.25, -0.2) is 0 Å². The summed E-state index contributed by atoms with van der Waals surface area (Å²) >= 11 is 0. The maximum Gasteiger partial charge on any atom is 0.0847 e. The number of methoxy groups -OCH3 is 1. The van der Waals surface area contributed by atoms with Crippen molar-refractivity contribution in [2.24, 2.45) is 0 Å². The Hall–Kier alpha value is -0.120. The van der Waals surface area contributed by atoms with Crippen LogP contribution in [0.5, 0.6) is 0 Å². The van der Waals surface area contributed by atoms with Crippen LogP contribution in [0, 0.1) is 0 Å². The van der Waals surface area contributed by atoms with Crippen molar-refractivity contribution in [3.8, 4) is 0 Å². The molecule has 0 saturated heterocycles. The Balaban J connectivity index is 3.73. The summed E-state index contributed by atoms with van der Waals surface area (Å²) in [5.74, 6) is 0. The van der Waals surface area contributed by atoms with Crippen LogP contribution in [0.3, 0.4) is 0 Å². The zero-order valence-electron chi connectivity index (χ0n) is 9.63. The van der Waals surface area contributed by atoms with Gasteiger partial charge in [0.1, 0.15) is 0 Å². The molecule has 0 aliphatic rings. The molecule has 2 unspecified atom stereocenters. The molecule has 0 amide bonds. The molecule has 80 valence electrons. The normalized spacial score (nSPS) is 16.2. The van der Waals surface area contributed by atoms with E-state index in [0.29, 0.717) is 6.04 Å². The average Bonchev–Trinajstić information content (AvgIpc) is 2.11. The molecule has 0 radical (unpaired) electrons. The third-order valence-electron chi connectivity index (χ3n) is 2.43. The molecule has 2 atom stereocenters. The first-order chi connectivity index (χ1) is 6.13. The summed E-state index contributed by atoms with van der Waals surface area (Å²) < 4.78 is 5.42. The second-order valence-corrected chi connectivity index (χ2v) is 3.68. The van der Waals surface area contributed by atoms with Crippen molar-refractivity contribution >= 4 is 0 Å². The summed E-state index contributed by atoms with van der Waals surface area (Å²) in [7, 11) is 5.94. The van der Waals surface area contributed by atoms with Crippen molar-refractivity contribution in [2.75, 3.05) is 34.3 Å². The Bertz CT molecular complexity index is 117. The first-order valence-electron chi connectivity index (χ1n) is 5.03. The highest BCUT2D eigenvalue weighted by Crippen LogP contribution is 2.02. The van der Waals surface area contributed by atoms with E-state index in [1.807, 2.05) is 0 Å².